The Morgan fingerprint density at radius 3 is 2.64 bits per heavy atom. The first-order valence-corrected chi connectivity index (χ1v) is 15.2. The summed E-state index contributed by atoms with van der Waals surface area (Å²) in [6.07, 6.45) is 3.46. The quantitative estimate of drug-likeness (QED) is 0.306. The summed E-state index contributed by atoms with van der Waals surface area (Å²) in [5.74, 6) is -1.33. The highest BCUT2D eigenvalue weighted by Crippen LogP contribution is 2.47. The highest BCUT2D eigenvalue weighted by atomic mass is 32.2. The van der Waals surface area contributed by atoms with Gasteiger partial charge in [-0.15, -0.1) is 6.58 Å². The van der Waals surface area contributed by atoms with Crippen LogP contribution in [0.4, 0.5) is 4.79 Å². The number of carbonyl (C=O) groups is 3. The molecule has 14 heteroatoms. The molecule has 3 fully saturated rings. The first kappa shape index (κ1) is 29.6. The van der Waals surface area contributed by atoms with Crippen LogP contribution in [0.1, 0.15) is 45.4 Å². The molecule has 42 heavy (non-hydrogen) atoms. The number of nitrogens with zero attached hydrogens (tertiary/aromatic N) is 2. The first-order chi connectivity index (χ1) is 19.9. The summed E-state index contributed by atoms with van der Waals surface area (Å²) in [5.41, 5.74) is -2.40. The van der Waals surface area contributed by atoms with Crippen molar-refractivity contribution in [3.05, 3.63) is 43.1 Å². The maximum atomic E-state index is 13.5. The second kappa shape index (κ2) is 11.1. The molecule has 3 amide bonds. The smallest absolute Gasteiger partial charge is 0.408 e. The zero-order valence-electron chi connectivity index (χ0n) is 23.4. The van der Waals surface area contributed by atoms with Crippen molar-refractivity contribution >= 4 is 39.0 Å². The molecule has 3 N–H and O–H groups in total. The fourth-order valence-corrected chi connectivity index (χ4v) is 6.78. The van der Waals surface area contributed by atoms with Crippen molar-refractivity contribution in [1.29, 1.82) is 0 Å². The Morgan fingerprint density at radius 2 is 2.02 bits per heavy atom. The molecular formula is C28H34N4O9S. The minimum absolute atomic E-state index is 0.0102. The van der Waals surface area contributed by atoms with Gasteiger partial charge in [-0.2, -0.15) is 8.42 Å². The van der Waals surface area contributed by atoms with Crippen LogP contribution in [0.25, 0.3) is 10.8 Å². The van der Waals surface area contributed by atoms with Crippen LogP contribution in [0.3, 0.4) is 0 Å². The summed E-state index contributed by atoms with van der Waals surface area (Å²) >= 11 is 0. The number of hydrogen-bond donors (Lipinski definition) is 3. The van der Waals surface area contributed by atoms with Gasteiger partial charge in [0.2, 0.25) is 11.8 Å². The summed E-state index contributed by atoms with van der Waals surface area (Å²) in [4.78, 5) is 44.0. The number of hydrogen-bond acceptors (Lipinski definition) is 9. The van der Waals surface area contributed by atoms with E-state index in [4.69, 9.17) is 13.7 Å². The number of ether oxygens (including phenoxy) is 2. The number of methoxy groups -OCH3 is 1. The summed E-state index contributed by atoms with van der Waals surface area (Å²) < 4.78 is 43.9. The first-order valence-electron chi connectivity index (χ1n) is 13.8. The number of carboxylic acid groups (broad SMARTS) is 1. The van der Waals surface area contributed by atoms with Crippen molar-refractivity contribution in [2.24, 2.45) is 5.92 Å². The highest BCUT2D eigenvalue weighted by molar-refractivity contribution is 7.85. The van der Waals surface area contributed by atoms with E-state index in [2.05, 4.69) is 16.9 Å². The van der Waals surface area contributed by atoms with Crippen molar-refractivity contribution in [3.8, 4) is 11.6 Å². The average Bonchev–Trinajstić information content (AvgIpc) is 3.82. The van der Waals surface area contributed by atoms with E-state index in [9.17, 15) is 27.9 Å². The number of likely N-dealkylation sites (tertiary alicyclic amines) is 1. The normalized spacial score (nSPS) is 25.9. The van der Waals surface area contributed by atoms with Crippen LogP contribution in [0.5, 0.6) is 11.6 Å². The van der Waals surface area contributed by atoms with Crippen molar-refractivity contribution in [2.75, 3.05) is 13.7 Å². The molecule has 2 heterocycles. The van der Waals surface area contributed by atoms with Gasteiger partial charge in [0.05, 0.1) is 19.3 Å². The molecule has 2 saturated carbocycles. The van der Waals surface area contributed by atoms with Gasteiger partial charge in [-0.05, 0) is 55.3 Å². The molecule has 226 valence electrons. The minimum Gasteiger partial charge on any atom is -0.497 e. The summed E-state index contributed by atoms with van der Waals surface area (Å²) in [6.45, 7) is 5.47. The molecule has 3 aliphatic rings. The predicted molar refractivity (Wildman–Crippen MR) is 150 cm³/mol. The molecule has 0 bridgehead atoms. The van der Waals surface area contributed by atoms with Gasteiger partial charge in [0.25, 0.3) is 5.91 Å². The molecule has 2 aromatic rings. The zero-order valence-corrected chi connectivity index (χ0v) is 24.2. The Morgan fingerprint density at radius 1 is 1.26 bits per heavy atom. The number of aromatic nitrogens is 1. The Kier molecular flexibility index (Phi) is 7.79. The van der Waals surface area contributed by atoms with Crippen molar-refractivity contribution in [3.63, 3.8) is 0 Å². The van der Waals surface area contributed by atoms with Crippen LogP contribution in [-0.4, -0.2) is 78.3 Å². The van der Waals surface area contributed by atoms with E-state index in [1.165, 1.54) is 6.08 Å². The van der Waals surface area contributed by atoms with Gasteiger partial charge < -0.3 is 19.9 Å². The van der Waals surface area contributed by atoms with Crippen LogP contribution in [-0.2, 0) is 24.1 Å². The maximum Gasteiger partial charge on any atom is 0.408 e. The lowest BCUT2D eigenvalue weighted by molar-refractivity contribution is -0.131. The fraction of sp³-hybridized carbons (Fsp3) is 0.500. The average molecular weight is 603 g/mol. The van der Waals surface area contributed by atoms with E-state index in [0.29, 0.717) is 30.4 Å². The summed E-state index contributed by atoms with van der Waals surface area (Å²) in [5, 5.41) is 14.0. The number of benzene rings is 1. The molecule has 0 radical (unpaired) electrons. The van der Waals surface area contributed by atoms with E-state index < -0.39 is 57.4 Å². The molecule has 4 atom stereocenters. The molecule has 5 rings (SSSR count). The van der Waals surface area contributed by atoms with Crippen LogP contribution in [0.15, 0.2) is 43.1 Å². The third-order valence-corrected chi connectivity index (χ3v) is 9.10. The number of nitrogens with one attached hydrogen (secondary N) is 2. The second-order valence-corrected chi connectivity index (χ2v) is 12.3. The molecule has 1 aromatic heterocycles. The number of carbonyl (C=O) groups excluding carboxylic acids is 2. The van der Waals surface area contributed by atoms with Crippen molar-refractivity contribution in [2.45, 2.75) is 68.7 Å². The zero-order chi connectivity index (χ0) is 30.3. The maximum absolute atomic E-state index is 13.5. The molecule has 4 unspecified atom stereocenters. The van der Waals surface area contributed by atoms with Gasteiger partial charge in [0.1, 0.15) is 23.4 Å². The minimum atomic E-state index is -4.44. The summed E-state index contributed by atoms with van der Waals surface area (Å²) in [6, 6.07) is 5.94. The van der Waals surface area contributed by atoms with Crippen LogP contribution in [0, 0.1) is 5.92 Å². The Bertz CT molecular complexity index is 1530. The highest BCUT2D eigenvalue weighted by Gasteiger charge is 2.62. The third kappa shape index (κ3) is 5.86. The molecule has 1 saturated heterocycles. The van der Waals surface area contributed by atoms with Crippen molar-refractivity contribution in [1.82, 2.24) is 19.9 Å². The van der Waals surface area contributed by atoms with Crippen LogP contribution < -0.4 is 19.5 Å². The van der Waals surface area contributed by atoms with E-state index >= 15 is 0 Å². The number of pyridine rings is 1. The lowest BCUT2D eigenvalue weighted by Gasteiger charge is -2.24. The second-order valence-electron chi connectivity index (χ2n) is 11.0. The van der Waals surface area contributed by atoms with Gasteiger partial charge in [-0.1, -0.05) is 19.4 Å². The van der Waals surface area contributed by atoms with E-state index in [-0.39, 0.29) is 25.3 Å². The Hall–Kier alpha value is -3.91. The van der Waals surface area contributed by atoms with Gasteiger partial charge in [0.15, 0.2) is 0 Å². The standard InChI is InChI=1S/C28H34N4O9S/c1-4-9-27(10-11-27)41-42(37,38)31-25(34)28(15-18(28)5-2)30-23(33)22-14-20(16-32(22)26(35)36)40-24-21-7-6-19(39-3)13-17(21)8-12-29-24/h5-8,12-13,18,20,22H,2,4,9-11,14-16H2,1,3H3,(H,30,33)(H,31,34)(H,35,36). The van der Waals surface area contributed by atoms with Crippen molar-refractivity contribution < 1.29 is 41.6 Å². The molecule has 2 aliphatic carbocycles. The van der Waals surface area contributed by atoms with Crippen LogP contribution in [0.2, 0.25) is 0 Å². The molecule has 0 spiro atoms. The predicted octanol–water partition coefficient (Wildman–Crippen LogP) is 2.51. The van der Waals surface area contributed by atoms with Gasteiger partial charge in [0, 0.05) is 23.9 Å². The lowest BCUT2D eigenvalue weighted by Crippen LogP contribution is -2.56. The monoisotopic (exact) mass is 602 g/mol. The largest absolute Gasteiger partial charge is 0.497 e. The number of fused-ring (bicyclic) bond motifs is 1. The summed E-state index contributed by atoms with van der Waals surface area (Å²) in [7, 11) is -2.89. The third-order valence-electron chi connectivity index (χ3n) is 8.09. The number of rotatable bonds is 12. The Labute approximate surface area is 243 Å². The van der Waals surface area contributed by atoms with Gasteiger partial charge in [-0.25, -0.2) is 18.7 Å². The van der Waals surface area contributed by atoms with Gasteiger partial charge >= 0.3 is 16.4 Å². The molecular weight excluding hydrogens is 568 g/mol. The molecule has 1 aromatic carbocycles. The van der Waals surface area contributed by atoms with E-state index in [0.717, 1.165) is 16.7 Å². The number of amides is 3. The van der Waals surface area contributed by atoms with E-state index in [1.54, 1.807) is 31.5 Å². The lowest BCUT2D eigenvalue weighted by atomic mass is 10.1. The van der Waals surface area contributed by atoms with Gasteiger partial charge in [-0.3, -0.25) is 14.5 Å². The van der Waals surface area contributed by atoms with E-state index in [1.807, 2.05) is 17.7 Å². The fourth-order valence-electron chi connectivity index (χ4n) is 5.62. The molecule has 1 aliphatic heterocycles. The molecule has 13 nitrogen and oxygen atoms in total. The SMILES string of the molecule is C=CC1CC1(NC(=O)C1CC(Oc2nccc3cc(OC)ccc23)CN1C(=O)O)C(=O)NS(=O)(=O)OC1(CCC)CC1. The topological polar surface area (TPSA) is 173 Å². The van der Waals surface area contributed by atoms with Crippen LogP contribution >= 0.6 is 0 Å². The Balaban J connectivity index is 1.29.